The summed E-state index contributed by atoms with van der Waals surface area (Å²) in [6.45, 7) is 1.91. The summed E-state index contributed by atoms with van der Waals surface area (Å²) in [6.07, 6.45) is 5.20. The predicted octanol–water partition coefficient (Wildman–Crippen LogP) is 4.04. The van der Waals surface area contributed by atoms with Crippen molar-refractivity contribution in [2.75, 3.05) is 7.11 Å². The fourth-order valence-electron chi connectivity index (χ4n) is 2.96. The quantitative estimate of drug-likeness (QED) is 0.488. The fraction of sp³-hybridized carbons (Fsp3) is 0.182. The van der Waals surface area contributed by atoms with Gasteiger partial charge in [0.1, 0.15) is 6.04 Å². The van der Waals surface area contributed by atoms with Gasteiger partial charge in [0, 0.05) is 34.6 Å². The van der Waals surface area contributed by atoms with E-state index in [1.807, 2.05) is 49.5 Å². The van der Waals surface area contributed by atoms with Crippen LogP contribution in [0.5, 0.6) is 0 Å². The number of amides is 1. The van der Waals surface area contributed by atoms with Crippen molar-refractivity contribution >= 4 is 40.5 Å². The second-order valence-corrected chi connectivity index (χ2v) is 6.90. The van der Waals surface area contributed by atoms with E-state index in [2.05, 4.69) is 10.3 Å². The van der Waals surface area contributed by atoms with E-state index in [9.17, 15) is 9.59 Å². The fourth-order valence-corrected chi connectivity index (χ4v) is 3.15. The Balaban J connectivity index is 1.73. The molecule has 0 saturated carbocycles. The number of aromatic nitrogens is 1. The van der Waals surface area contributed by atoms with Crippen molar-refractivity contribution in [2.45, 2.75) is 19.4 Å². The van der Waals surface area contributed by atoms with Crippen LogP contribution in [0.3, 0.4) is 0 Å². The summed E-state index contributed by atoms with van der Waals surface area (Å²) >= 11 is 6.10. The molecule has 1 aromatic heterocycles. The Hall–Kier alpha value is -3.05. The minimum absolute atomic E-state index is 0.326. The number of carbonyl (C=O) groups excluding carboxylic acids is 2. The van der Waals surface area contributed by atoms with E-state index in [4.69, 9.17) is 16.3 Å². The maximum absolute atomic E-state index is 12.3. The normalized spacial score (nSPS) is 12.2. The van der Waals surface area contributed by atoms with Gasteiger partial charge in [0.05, 0.1) is 7.11 Å². The number of nitrogens with one attached hydrogen (secondary N) is 2. The minimum atomic E-state index is -0.789. The van der Waals surface area contributed by atoms with E-state index < -0.39 is 12.0 Å². The number of aromatic amines is 1. The third-order valence-electron chi connectivity index (χ3n) is 4.52. The van der Waals surface area contributed by atoms with E-state index in [1.54, 1.807) is 12.1 Å². The number of aryl methyl sites for hydroxylation is 1. The van der Waals surface area contributed by atoms with Gasteiger partial charge in [-0.3, -0.25) is 4.79 Å². The topological polar surface area (TPSA) is 71.2 Å². The number of ether oxygens (including phenoxy) is 1. The zero-order chi connectivity index (χ0) is 20.1. The highest BCUT2D eigenvalue weighted by atomic mass is 35.5. The van der Waals surface area contributed by atoms with Crippen LogP contribution in [0.15, 0.2) is 54.7 Å². The van der Waals surface area contributed by atoms with E-state index in [-0.39, 0.29) is 5.91 Å². The number of benzene rings is 2. The van der Waals surface area contributed by atoms with Gasteiger partial charge in [0.15, 0.2) is 0 Å². The van der Waals surface area contributed by atoms with E-state index >= 15 is 0 Å². The first-order valence-corrected chi connectivity index (χ1v) is 9.23. The average Bonchev–Trinajstić information content (AvgIpc) is 3.11. The van der Waals surface area contributed by atoms with Crippen molar-refractivity contribution in [3.8, 4) is 0 Å². The second-order valence-electron chi connectivity index (χ2n) is 6.49. The molecule has 0 radical (unpaired) electrons. The molecule has 1 heterocycles. The van der Waals surface area contributed by atoms with Gasteiger partial charge in [-0.15, -0.1) is 0 Å². The van der Waals surface area contributed by atoms with E-state index in [1.165, 1.54) is 13.2 Å². The maximum Gasteiger partial charge on any atom is 0.328 e. The highest BCUT2D eigenvalue weighted by molar-refractivity contribution is 6.31. The third-order valence-corrected chi connectivity index (χ3v) is 4.93. The monoisotopic (exact) mass is 396 g/mol. The molecule has 0 aliphatic heterocycles. The van der Waals surface area contributed by atoms with Crippen LogP contribution in [0, 0.1) is 6.92 Å². The van der Waals surface area contributed by atoms with Crippen LogP contribution >= 0.6 is 11.6 Å². The first-order valence-electron chi connectivity index (χ1n) is 8.85. The molecule has 0 aliphatic carbocycles. The number of rotatable bonds is 6. The molecule has 1 atom stereocenters. The second kappa shape index (κ2) is 8.76. The summed E-state index contributed by atoms with van der Waals surface area (Å²) < 4.78 is 4.86. The number of esters is 1. The van der Waals surface area contributed by atoms with Crippen LogP contribution in [0.4, 0.5) is 0 Å². The molecule has 1 unspecified atom stereocenters. The summed E-state index contributed by atoms with van der Waals surface area (Å²) in [7, 11) is 1.31. The van der Waals surface area contributed by atoms with Crippen LogP contribution in [0.2, 0.25) is 5.02 Å². The average molecular weight is 397 g/mol. The highest BCUT2D eigenvalue weighted by Crippen LogP contribution is 2.20. The lowest BCUT2D eigenvalue weighted by Gasteiger charge is -2.15. The SMILES string of the molecule is COC(=O)C(Cc1c[nH]c2ccccc12)NC(=O)/C=C/c1ccc(C)c(Cl)c1. The molecule has 28 heavy (non-hydrogen) atoms. The number of halogens is 1. The van der Waals surface area contributed by atoms with Gasteiger partial charge < -0.3 is 15.0 Å². The number of hydrogen-bond acceptors (Lipinski definition) is 3. The summed E-state index contributed by atoms with van der Waals surface area (Å²) in [4.78, 5) is 27.7. The van der Waals surface area contributed by atoms with Crippen molar-refractivity contribution in [1.82, 2.24) is 10.3 Å². The van der Waals surface area contributed by atoms with Crippen molar-refractivity contribution in [3.63, 3.8) is 0 Å². The van der Waals surface area contributed by atoms with Gasteiger partial charge in [0.25, 0.3) is 0 Å². The number of para-hydroxylation sites is 1. The molecule has 3 aromatic rings. The van der Waals surface area contributed by atoms with E-state index in [0.29, 0.717) is 11.4 Å². The molecule has 6 heteroatoms. The molecule has 2 N–H and O–H groups in total. The number of methoxy groups -OCH3 is 1. The molecule has 1 amide bonds. The Morgan fingerprint density at radius 2 is 2.04 bits per heavy atom. The summed E-state index contributed by atoms with van der Waals surface area (Å²) in [5, 5.41) is 4.36. The van der Waals surface area contributed by atoms with Crippen LogP contribution < -0.4 is 5.32 Å². The standard InChI is InChI=1S/C22H21ClN2O3/c1-14-7-8-15(11-18(14)23)9-10-21(26)25-20(22(27)28-2)12-16-13-24-19-6-4-3-5-17(16)19/h3-11,13,20,24H,12H2,1-2H3,(H,25,26)/b10-9+. The highest BCUT2D eigenvalue weighted by Gasteiger charge is 2.22. The number of H-pyrrole nitrogens is 1. The van der Waals surface area contributed by atoms with Crippen molar-refractivity contribution in [1.29, 1.82) is 0 Å². The van der Waals surface area contributed by atoms with Crippen LogP contribution in [0.25, 0.3) is 17.0 Å². The number of fused-ring (bicyclic) bond motifs is 1. The molecule has 0 bridgehead atoms. The first kappa shape index (κ1) is 19.7. The molecular weight excluding hydrogens is 376 g/mol. The summed E-state index contributed by atoms with van der Waals surface area (Å²) in [5.74, 6) is -0.877. The van der Waals surface area contributed by atoms with Crippen LogP contribution in [-0.2, 0) is 20.7 Å². The van der Waals surface area contributed by atoms with Gasteiger partial charge >= 0.3 is 5.97 Å². The Labute approximate surface area is 168 Å². The molecule has 2 aromatic carbocycles. The van der Waals surface area contributed by atoms with Crippen LogP contribution in [0.1, 0.15) is 16.7 Å². The van der Waals surface area contributed by atoms with Gasteiger partial charge in [-0.2, -0.15) is 0 Å². The number of hydrogen-bond donors (Lipinski definition) is 2. The first-order chi connectivity index (χ1) is 13.5. The summed E-state index contributed by atoms with van der Waals surface area (Å²) in [6, 6.07) is 12.5. The Morgan fingerprint density at radius 3 is 2.79 bits per heavy atom. The molecule has 0 saturated heterocycles. The van der Waals surface area contributed by atoms with Crippen molar-refractivity contribution in [2.24, 2.45) is 0 Å². The van der Waals surface area contributed by atoms with Gasteiger partial charge in [-0.05, 0) is 41.8 Å². The van der Waals surface area contributed by atoms with Gasteiger partial charge in [0.2, 0.25) is 5.91 Å². The van der Waals surface area contributed by atoms with Crippen molar-refractivity contribution in [3.05, 3.63) is 76.5 Å². The smallest absolute Gasteiger partial charge is 0.328 e. The van der Waals surface area contributed by atoms with E-state index in [0.717, 1.165) is 27.6 Å². The van der Waals surface area contributed by atoms with Gasteiger partial charge in [-0.1, -0.05) is 41.9 Å². The molecule has 144 valence electrons. The lowest BCUT2D eigenvalue weighted by atomic mass is 10.0. The minimum Gasteiger partial charge on any atom is -0.467 e. The Kier molecular flexibility index (Phi) is 6.16. The Bertz CT molecular complexity index is 1040. The zero-order valence-electron chi connectivity index (χ0n) is 15.7. The molecule has 3 rings (SSSR count). The largest absolute Gasteiger partial charge is 0.467 e. The molecule has 0 fully saturated rings. The van der Waals surface area contributed by atoms with Crippen molar-refractivity contribution < 1.29 is 14.3 Å². The maximum atomic E-state index is 12.3. The molecule has 0 spiro atoms. The third kappa shape index (κ3) is 4.61. The lowest BCUT2D eigenvalue weighted by molar-refractivity contribution is -0.144. The summed E-state index contributed by atoms with van der Waals surface area (Å²) in [5.41, 5.74) is 3.67. The number of carbonyl (C=O) groups is 2. The molecule has 5 nitrogen and oxygen atoms in total. The molecular formula is C22H21ClN2O3. The Morgan fingerprint density at radius 1 is 1.25 bits per heavy atom. The zero-order valence-corrected chi connectivity index (χ0v) is 16.4. The predicted molar refractivity (Wildman–Crippen MR) is 111 cm³/mol. The lowest BCUT2D eigenvalue weighted by Crippen LogP contribution is -2.42. The van der Waals surface area contributed by atoms with Gasteiger partial charge in [-0.25, -0.2) is 4.79 Å². The van der Waals surface area contributed by atoms with Crippen LogP contribution in [-0.4, -0.2) is 30.0 Å². The molecule has 0 aliphatic rings.